The second kappa shape index (κ2) is 6.46. The van der Waals surface area contributed by atoms with Crippen molar-refractivity contribution in [3.63, 3.8) is 0 Å². The van der Waals surface area contributed by atoms with Crippen molar-refractivity contribution < 1.29 is 0 Å². The lowest BCUT2D eigenvalue weighted by molar-refractivity contribution is 1.21. The molecule has 0 aliphatic carbocycles. The molecule has 0 spiro atoms. The fourth-order valence-electron chi connectivity index (χ4n) is 2.73. The summed E-state index contributed by atoms with van der Waals surface area (Å²) in [7, 11) is 0. The average Bonchev–Trinajstić information content (AvgIpc) is 2.56. The molecule has 1 N–H and O–H groups in total. The van der Waals surface area contributed by atoms with Crippen molar-refractivity contribution in [3.8, 4) is 28.5 Å². The molecule has 3 aromatic rings. The van der Waals surface area contributed by atoms with Crippen LogP contribution in [-0.2, 0) is 0 Å². The van der Waals surface area contributed by atoms with Gasteiger partial charge in [0.05, 0.1) is 0 Å². The molecular weight excluding hydrogens is 364 g/mol. The number of hydrogen-bond acceptors (Lipinski definition) is 2. The van der Waals surface area contributed by atoms with Crippen molar-refractivity contribution in [1.82, 2.24) is 4.98 Å². The summed E-state index contributed by atoms with van der Waals surface area (Å²) in [5, 5.41) is 9.41. The monoisotopic (exact) mass is 378 g/mol. The van der Waals surface area contributed by atoms with Crippen LogP contribution in [0.25, 0.3) is 22.4 Å². The van der Waals surface area contributed by atoms with Crippen LogP contribution in [0.5, 0.6) is 0 Å². The van der Waals surface area contributed by atoms with Gasteiger partial charge in [0.15, 0.2) is 0 Å². The van der Waals surface area contributed by atoms with Gasteiger partial charge in [0.25, 0.3) is 5.56 Å². The molecule has 0 saturated carbocycles. The number of nitrogens with one attached hydrogen (secondary N) is 1. The van der Waals surface area contributed by atoms with E-state index in [-0.39, 0.29) is 11.1 Å². The third-order valence-corrected chi connectivity index (χ3v) is 4.46. The molecule has 0 saturated heterocycles. The van der Waals surface area contributed by atoms with Gasteiger partial charge in [-0.25, -0.2) is 0 Å². The molecule has 0 amide bonds. The number of nitriles is 1. The van der Waals surface area contributed by atoms with Crippen LogP contribution >= 0.6 is 15.9 Å². The van der Waals surface area contributed by atoms with E-state index in [0.717, 1.165) is 32.4 Å². The minimum absolute atomic E-state index is 0.127. The zero-order chi connectivity index (χ0) is 17.3. The number of pyridine rings is 1. The summed E-state index contributed by atoms with van der Waals surface area (Å²) < 4.78 is 0.900. The molecule has 0 bridgehead atoms. The van der Waals surface area contributed by atoms with Crippen molar-refractivity contribution in [2.24, 2.45) is 0 Å². The highest BCUT2D eigenvalue weighted by molar-refractivity contribution is 9.10. The minimum atomic E-state index is -0.370. The lowest BCUT2D eigenvalue weighted by Gasteiger charge is -2.11. The smallest absolute Gasteiger partial charge is 0.266 e. The zero-order valence-corrected chi connectivity index (χ0v) is 14.9. The van der Waals surface area contributed by atoms with Crippen LogP contribution < -0.4 is 5.56 Å². The largest absolute Gasteiger partial charge is 0.321 e. The van der Waals surface area contributed by atoms with Gasteiger partial charge in [0.1, 0.15) is 11.6 Å². The van der Waals surface area contributed by atoms with Gasteiger partial charge in [-0.3, -0.25) is 4.79 Å². The Morgan fingerprint density at radius 1 is 1.04 bits per heavy atom. The van der Waals surface area contributed by atoms with Crippen LogP contribution in [0.1, 0.15) is 16.7 Å². The first-order chi connectivity index (χ1) is 11.5. The van der Waals surface area contributed by atoms with Crippen LogP contribution in [0.2, 0.25) is 0 Å². The first-order valence-corrected chi connectivity index (χ1v) is 8.30. The van der Waals surface area contributed by atoms with Gasteiger partial charge in [0.2, 0.25) is 0 Å². The molecule has 0 aliphatic rings. The molecule has 0 unspecified atom stereocenters. The fraction of sp³-hybridized carbons (Fsp3) is 0.100. The van der Waals surface area contributed by atoms with E-state index in [9.17, 15) is 10.1 Å². The van der Waals surface area contributed by atoms with Gasteiger partial charge in [-0.2, -0.15) is 5.26 Å². The normalized spacial score (nSPS) is 10.4. The number of benzene rings is 2. The molecule has 0 fully saturated rings. The van der Waals surface area contributed by atoms with Crippen molar-refractivity contribution in [3.05, 3.63) is 80.0 Å². The number of halogens is 1. The van der Waals surface area contributed by atoms with Crippen LogP contribution in [0, 0.1) is 25.2 Å². The van der Waals surface area contributed by atoms with Gasteiger partial charge >= 0.3 is 0 Å². The SMILES string of the molecule is Cc1ccc(C)c(-c2cc(-c3cccc(Br)c3)c(C#N)c(=O)[nH]2)c1. The number of rotatable bonds is 2. The van der Waals surface area contributed by atoms with Gasteiger partial charge in [-0.05, 0) is 49.2 Å². The summed E-state index contributed by atoms with van der Waals surface area (Å²) in [5.41, 5.74) is 5.10. The van der Waals surface area contributed by atoms with Crippen molar-refractivity contribution in [1.29, 1.82) is 5.26 Å². The Balaban J connectivity index is 2.30. The standard InChI is InChI=1S/C20H15BrN2O/c1-12-6-7-13(2)16(8-12)19-10-17(18(11-22)20(24)23-19)14-4-3-5-15(21)9-14/h3-10H,1-2H3,(H,23,24). The summed E-state index contributed by atoms with van der Waals surface area (Å²) in [5.74, 6) is 0. The Kier molecular flexibility index (Phi) is 4.37. The molecule has 1 aromatic heterocycles. The van der Waals surface area contributed by atoms with Crippen molar-refractivity contribution >= 4 is 15.9 Å². The minimum Gasteiger partial charge on any atom is -0.321 e. The highest BCUT2D eigenvalue weighted by atomic mass is 79.9. The van der Waals surface area contributed by atoms with E-state index >= 15 is 0 Å². The lowest BCUT2D eigenvalue weighted by atomic mass is 9.97. The topological polar surface area (TPSA) is 56.6 Å². The summed E-state index contributed by atoms with van der Waals surface area (Å²) in [6.45, 7) is 4.02. The average molecular weight is 379 g/mol. The predicted molar refractivity (Wildman–Crippen MR) is 99.8 cm³/mol. The van der Waals surface area contributed by atoms with E-state index in [4.69, 9.17) is 0 Å². The third kappa shape index (κ3) is 3.04. The van der Waals surface area contributed by atoms with Crippen LogP contribution in [0.4, 0.5) is 0 Å². The molecule has 0 radical (unpaired) electrons. The molecule has 1 heterocycles. The molecular formula is C20H15BrN2O. The maximum atomic E-state index is 12.4. The van der Waals surface area contributed by atoms with E-state index in [2.05, 4.69) is 20.9 Å². The highest BCUT2D eigenvalue weighted by Crippen LogP contribution is 2.29. The number of aryl methyl sites for hydroxylation is 2. The van der Waals surface area contributed by atoms with E-state index < -0.39 is 0 Å². The molecule has 3 nitrogen and oxygen atoms in total. The second-order valence-corrected chi connectivity index (χ2v) is 6.66. The Labute approximate surface area is 148 Å². The van der Waals surface area contributed by atoms with Crippen LogP contribution in [0.3, 0.4) is 0 Å². The van der Waals surface area contributed by atoms with Gasteiger partial charge < -0.3 is 4.98 Å². The Hall–Kier alpha value is -2.64. The number of aromatic nitrogens is 1. The quantitative estimate of drug-likeness (QED) is 0.684. The summed E-state index contributed by atoms with van der Waals surface area (Å²) in [6, 6.07) is 17.6. The Morgan fingerprint density at radius 3 is 2.54 bits per heavy atom. The summed E-state index contributed by atoms with van der Waals surface area (Å²) in [6.07, 6.45) is 0. The van der Waals surface area contributed by atoms with Crippen molar-refractivity contribution in [2.75, 3.05) is 0 Å². The second-order valence-electron chi connectivity index (χ2n) is 5.74. The number of nitrogens with zero attached hydrogens (tertiary/aromatic N) is 1. The van der Waals surface area contributed by atoms with E-state index in [1.165, 1.54) is 0 Å². The highest BCUT2D eigenvalue weighted by Gasteiger charge is 2.13. The molecule has 4 heteroatoms. The van der Waals surface area contributed by atoms with E-state index in [1.54, 1.807) is 0 Å². The maximum absolute atomic E-state index is 12.4. The molecule has 3 rings (SSSR count). The molecule has 0 atom stereocenters. The molecule has 118 valence electrons. The first kappa shape index (κ1) is 16.2. The van der Waals surface area contributed by atoms with E-state index in [1.807, 2.05) is 68.4 Å². The van der Waals surface area contributed by atoms with Crippen molar-refractivity contribution in [2.45, 2.75) is 13.8 Å². The summed E-state index contributed by atoms with van der Waals surface area (Å²) in [4.78, 5) is 15.3. The van der Waals surface area contributed by atoms with Gasteiger partial charge in [-0.15, -0.1) is 0 Å². The molecule has 2 aromatic carbocycles. The van der Waals surface area contributed by atoms with Crippen LogP contribution in [0.15, 0.2) is 57.8 Å². The number of H-pyrrole nitrogens is 1. The predicted octanol–water partition coefficient (Wildman–Crippen LogP) is 4.96. The fourth-order valence-corrected chi connectivity index (χ4v) is 3.12. The van der Waals surface area contributed by atoms with Gasteiger partial charge in [0, 0.05) is 21.3 Å². The maximum Gasteiger partial charge on any atom is 0.266 e. The van der Waals surface area contributed by atoms with Crippen LogP contribution in [-0.4, -0.2) is 4.98 Å². The number of hydrogen-bond donors (Lipinski definition) is 1. The lowest BCUT2D eigenvalue weighted by Crippen LogP contribution is -2.13. The first-order valence-electron chi connectivity index (χ1n) is 7.50. The number of aromatic amines is 1. The third-order valence-electron chi connectivity index (χ3n) is 3.96. The Bertz CT molecular complexity index is 1030. The van der Waals surface area contributed by atoms with Gasteiger partial charge in [-0.1, -0.05) is 45.8 Å². The summed E-state index contributed by atoms with van der Waals surface area (Å²) >= 11 is 3.44. The molecule has 24 heavy (non-hydrogen) atoms. The van der Waals surface area contributed by atoms with E-state index in [0.29, 0.717) is 5.56 Å². The molecule has 0 aliphatic heterocycles. The Morgan fingerprint density at radius 2 is 1.83 bits per heavy atom. The zero-order valence-electron chi connectivity index (χ0n) is 13.4.